The zero-order chi connectivity index (χ0) is 41.3. The van der Waals surface area contributed by atoms with Crippen LogP contribution in [0.4, 0.5) is 8.78 Å². The van der Waals surface area contributed by atoms with E-state index in [9.17, 15) is 33.5 Å². The van der Waals surface area contributed by atoms with E-state index < -0.39 is 77.3 Å². The Balaban J connectivity index is 1.53. The average molecular weight is 780 g/mol. The molecule has 14 heteroatoms. The number of rotatable bonds is 17. The van der Waals surface area contributed by atoms with Gasteiger partial charge >= 0.3 is 5.97 Å². The van der Waals surface area contributed by atoms with Gasteiger partial charge in [0.15, 0.2) is 0 Å². The van der Waals surface area contributed by atoms with Crippen LogP contribution in [0.1, 0.15) is 84.5 Å². The molecule has 4 amide bonds. The smallest absolute Gasteiger partial charge is 0.304 e. The quantitative estimate of drug-likeness (QED) is 0.138. The van der Waals surface area contributed by atoms with Gasteiger partial charge in [-0.05, 0) is 60.4 Å². The minimum atomic E-state index is -1.11. The molecule has 304 valence electrons. The molecule has 56 heavy (non-hydrogen) atoms. The van der Waals surface area contributed by atoms with Crippen molar-refractivity contribution in [2.45, 2.75) is 91.9 Å². The second kappa shape index (κ2) is 19.2. The van der Waals surface area contributed by atoms with Crippen LogP contribution in [-0.4, -0.2) is 92.5 Å². The fourth-order valence-electron chi connectivity index (χ4n) is 7.39. The second-order valence-corrected chi connectivity index (χ2v) is 16.0. The van der Waals surface area contributed by atoms with Gasteiger partial charge in [-0.2, -0.15) is 0 Å². The molecule has 0 spiro atoms. The van der Waals surface area contributed by atoms with Crippen molar-refractivity contribution in [3.63, 3.8) is 0 Å². The van der Waals surface area contributed by atoms with Crippen LogP contribution in [0.15, 0.2) is 60.8 Å². The maximum absolute atomic E-state index is 15.1. The highest BCUT2D eigenvalue weighted by Crippen LogP contribution is 2.41. The van der Waals surface area contributed by atoms with Gasteiger partial charge in [0.25, 0.3) is 0 Å². The minimum absolute atomic E-state index is 0.0697. The van der Waals surface area contributed by atoms with Gasteiger partial charge in [0.2, 0.25) is 23.6 Å². The highest BCUT2D eigenvalue weighted by atomic mass is 19.1. The molecule has 1 aromatic heterocycles. The lowest BCUT2D eigenvalue weighted by molar-refractivity contribution is -0.146. The molecule has 2 aromatic carbocycles. The molecule has 0 radical (unpaired) electrons. The third kappa shape index (κ3) is 11.0. The summed E-state index contributed by atoms with van der Waals surface area (Å²) < 4.78 is 31.3. The van der Waals surface area contributed by atoms with Gasteiger partial charge in [-0.15, -0.1) is 0 Å². The number of hydrogen-bond acceptors (Lipinski definition) is 6. The summed E-state index contributed by atoms with van der Waals surface area (Å²) in [7, 11) is 0. The molecule has 12 nitrogen and oxygen atoms in total. The van der Waals surface area contributed by atoms with Gasteiger partial charge in [-0.3, -0.25) is 24.0 Å². The summed E-state index contributed by atoms with van der Waals surface area (Å²) in [5, 5.41) is 24.9. The number of benzene rings is 2. The van der Waals surface area contributed by atoms with Crippen molar-refractivity contribution >= 4 is 29.6 Å². The Morgan fingerprint density at radius 3 is 2.32 bits per heavy atom. The number of carbonyl (C=O) groups excluding carboxylic acids is 4. The highest BCUT2D eigenvalue weighted by Gasteiger charge is 2.39. The minimum Gasteiger partial charge on any atom is -0.481 e. The van der Waals surface area contributed by atoms with Gasteiger partial charge in [0, 0.05) is 55.1 Å². The van der Waals surface area contributed by atoms with Crippen molar-refractivity contribution in [3.05, 3.63) is 83.7 Å². The number of hydrogen-bond donors (Lipinski definition) is 4. The zero-order valence-corrected chi connectivity index (χ0v) is 33.1. The van der Waals surface area contributed by atoms with Crippen molar-refractivity contribution in [1.82, 2.24) is 25.0 Å². The number of amides is 4. The van der Waals surface area contributed by atoms with Crippen LogP contribution in [0.3, 0.4) is 0 Å². The molecule has 4 rings (SSSR count). The third-order valence-electron chi connectivity index (χ3n) is 10.1. The topological polar surface area (TPSA) is 161 Å². The molecule has 1 fully saturated rings. The summed E-state index contributed by atoms with van der Waals surface area (Å²) in [5.74, 6) is -5.33. The molecular weight excluding hydrogens is 724 g/mol. The summed E-state index contributed by atoms with van der Waals surface area (Å²) in [6, 6.07) is 12.2. The lowest BCUT2D eigenvalue weighted by atomic mass is 9.83. The fourth-order valence-corrected chi connectivity index (χ4v) is 7.39. The molecule has 1 aliphatic rings. The monoisotopic (exact) mass is 779 g/mol. The number of aliphatic hydroxyl groups is 1. The Bertz CT molecular complexity index is 1860. The molecule has 3 aromatic rings. The predicted molar refractivity (Wildman–Crippen MR) is 207 cm³/mol. The van der Waals surface area contributed by atoms with Crippen molar-refractivity contribution in [1.29, 1.82) is 0 Å². The van der Waals surface area contributed by atoms with E-state index in [-0.39, 0.29) is 37.4 Å². The van der Waals surface area contributed by atoms with E-state index in [2.05, 4.69) is 10.6 Å². The number of aliphatic hydroxyl groups excluding tert-OH is 1. The van der Waals surface area contributed by atoms with E-state index in [1.807, 2.05) is 55.7 Å². The Hall–Kier alpha value is -5.11. The molecule has 0 aliphatic carbocycles. The van der Waals surface area contributed by atoms with E-state index in [4.69, 9.17) is 5.11 Å². The maximum atomic E-state index is 15.1. The normalized spacial score (nSPS) is 16.0. The molecule has 3 unspecified atom stereocenters. The van der Waals surface area contributed by atoms with Crippen molar-refractivity contribution in [3.8, 4) is 11.1 Å². The Morgan fingerprint density at radius 1 is 1.00 bits per heavy atom. The van der Waals surface area contributed by atoms with Crippen LogP contribution in [0.25, 0.3) is 11.1 Å². The first-order valence-electron chi connectivity index (χ1n) is 19.1. The standard InChI is InChI=1S/C42H55F2N5O7/c1-26(2)37(46-39(54)33-14-10-18-48(33)41(56)27(3)20-36(52)53)40(55)45-17-11-19-49(35(51)25-50)38(42(4,5)6)34-21-29(31-22-30(43)15-16-32(31)44)24-47(34)23-28-12-8-7-9-13-28/h7-9,12-13,15-16,21-22,24,26-27,33,37-38,50H,10-11,14,17-20,23,25H2,1-6H3,(H,45,55)(H,46,54)(H,52,53)/t27?,33-,37?,38?/m0/s1. The first-order chi connectivity index (χ1) is 26.4. The average Bonchev–Trinajstić information content (AvgIpc) is 3.79. The number of carboxylic acids is 1. The second-order valence-electron chi connectivity index (χ2n) is 16.0. The van der Waals surface area contributed by atoms with Crippen molar-refractivity contribution in [2.75, 3.05) is 26.2 Å². The lowest BCUT2D eigenvalue weighted by Crippen LogP contribution is -2.55. The molecular formula is C42H55F2N5O7. The lowest BCUT2D eigenvalue weighted by Gasteiger charge is -2.41. The van der Waals surface area contributed by atoms with Crippen LogP contribution in [0, 0.1) is 28.9 Å². The molecule has 0 saturated carbocycles. The number of aromatic nitrogens is 1. The van der Waals surface area contributed by atoms with Crippen LogP contribution < -0.4 is 10.6 Å². The van der Waals surface area contributed by atoms with Gasteiger partial charge < -0.3 is 35.2 Å². The van der Waals surface area contributed by atoms with E-state index >= 15 is 4.39 Å². The SMILES string of the molecule is CC(CC(=O)O)C(=O)N1CCC[C@H]1C(=O)NC(C(=O)NCCCN(C(=O)CO)C(c1cc(-c2cc(F)ccc2F)cn1Cc1ccccc1)C(C)(C)C)C(C)C. The Kier molecular flexibility index (Phi) is 14.9. The summed E-state index contributed by atoms with van der Waals surface area (Å²) in [4.78, 5) is 67.5. The molecule has 2 heterocycles. The summed E-state index contributed by atoms with van der Waals surface area (Å²) in [6.07, 6.45) is 2.62. The highest BCUT2D eigenvalue weighted by molar-refractivity contribution is 5.93. The molecule has 1 saturated heterocycles. The van der Waals surface area contributed by atoms with Gasteiger partial charge in [-0.25, -0.2) is 8.78 Å². The number of nitrogens with zero attached hydrogens (tertiary/aromatic N) is 3. The van der Waals surface area contributed by atoms with Crippen molar-refractivity contribution < 1.29 is 43.0 Å². The maximum Gasteiger partial charge on any atom is 0.304 e. The van der Waals surface area contributed by atoms with Crippen LogP contribution in [0.2, 0.25) is 0 Å². The van der Waals surface area contributed by atoms with Gasteiger partial charge in [-0.1, -0.05) is 71.9 Å². The number of likely N-dealkylation sites (tertiary alicyclic amines) is 1. The number of nitrogens with one attached hydrogen (secondary N) is 2. The van der Waals surface area contributed by atoms with Crippen LogP contribution >= 0.6 is 0 Å². The number of halogens is 2. The van der Waals surface area contributed by atoms with Crippen LogP contribution in [0.5, 0.6) is 0 Å². The summed E-state index contributed by atoms with van der Waals surface area (Å²) >= 11 is 0. The number of aliphatic carboxylic acids is 1. The summed E-state index contributed by atoms with van der Waals surface area (Å²) in [5.41, 5.74) is 1.46. The Labute approximate surface area is 327 Å². The van der Waals surface area contributed by atoms with E-state index in [1.165, 1.54) is 11.8 Å². The van der Waals surface area contributed by atoms with Crippen LogP contribution in [-0.2, 0) is 30.5 Å². The molecule has 0 bridgehead atoms. The largest absolute Gasteiger partial charge is 0.481 e. The third-order valence-corrected chi connectivity index (χ3v) is 10.1. The zero-order valence-electron chi connectivity index (χ0n) is 33.1. The Morgan fingerprint density at radius 2 is 1.70 bits per heavy atom. The number of carboxylic acid groups (broad SMARTS) is 1. The fraction of sp³-hybridized carbons (Fsp3) is 0.500. The number of carbonyl (C=O) groups is 5. The first-order valence-corrected chi connectivity index (χ1v) is 19.1. The van der Waals surface area contributed by atoms with E-state index in [1.54, 1.807) is 31.0 Å². The molecule has 4 N–H and O–H groups in total. The molecule has 1 aliphatic heterocycles. The first kappa shape index (κ1) is 43.6. The van der Waals surface area contributed by atoms with Gasteiger partial charge in [0.1, 0.15) is 30.3 Å². The molecule has 4 atom stereocenters. The van der Waals surface area contributed by atoms with Crippen molar-refractivity contribution in [2.24, 2.45) is 17.3 Å². The van der Waals surface area contributed by atoms with E-state index in [0.29, 0.717) is 37.2 Å². The predicted octanol–water partition coefficient (Wildman–Crippen LogP) is 5.14. The summed E-state index contributed by atoms with van der Waals surface area (Å²) in [6.45, 7) is 11.1. The van der Waals surface area contributed by atoms with Gasteiger partial charge in [0.05, 0.1) is 12.5 Å². The van der Waals surface area contributed by atoms with E-state index in [0.717, 1.165) is 23.8 Å².